The van der Waals surface area contributed by atoms with Crippen LogP contribution in [-0.2, 0) is 6.54 Å². The van der Waals surface area contributed by atoms with Gasteiger partial charge in [0, 0.05) is 11.8 Å². The first-order valence-corrected chi connectivity index (χ1v) is 4.75. The quantitative estimate of drug-likeness (QED) is 0.904. The van der Waals surface area contributed by atoms with Crippen LogP contribution in [0.25, 0.3) is 0 Å². The topological polar surface area (TPSA) is 43.8 Å². The molecule has 0 aliphatic rings. The van der Waals surface area contributed by atoms with Gasteiger partial charge in [0.15, 0.2) is 0 Å². The van der Waals surface area contributed by atoms with Crippen molar-refractivity contribution < 1.29 is 4.39 Å². The van der Waals surface area contributed by atoms with Crippen LogP contribution in [-0.4, -0.2) is 9.55 Å². The van der Waals surface area contributed by atoms with Gasteiger partial charge in [0.25, 0.3) is 0 Å². The molecule has 0 spiro atoms. The number of imidazole rings is 1. The maximum Gasteiger partial charge on any atom is 0.146 e. The van der Waals surface area contributed by atoms with Crippen LogP contribution in [0.5, 0.6) is 0 Å². The Morgan fingerprint density at radius 2 is 2.19 bits per heavy atom. The van der Waals surface area contributed by atoms with Crippen LogP contribution in [0, 0.1) is 5.82 Å². The van der Waals surface area contributed by atoms with Gasteiger partial charge in [0.05, 0.1) is 17.9 Å². The first-order valence-electron chi connectivity index (χ1n) is 4.37. The molecular weight excluding hydrogens is 252 g/mol. The number of halogens is 3. The number of nitrogens with two attached hydrogens (primary N) is 1. The lowest BCUT2D eigenvalue weighted by molar-refractivity contribution is 0.600. The van der Waals surface area contributed by atoms with Crippen LogP contribution in [0.15, 0.2) is 30.7 Å². The summed E-state index contributed by atoms with van der Waals surface area (Å²) in [5, 5.41) is 0.126. The second kappa shape index (κ2) is 5.18. The smallest absolute Gasteiger partial charge is 0.146 e. The first kappa shape index (κ1) is 12.8. The normalized spacial score (nSPS) is 9.88. The molecule has 0 atom stereocenters. The lowest BCUT2D eigenvalue weighted by atomic mass is 10.2. The van der Waals surface area contributed by atoms with E-state index in [-0.39, 0.29) is 17.4 Å². The van der Waals surface area contributed by atoms with Crippen molar-refractivity contribution in [2.24, 2.45) is 0 Å². The zero-order valence-electron chi connectivity index (χ0n) is 8.23. The van der Waals surface area contributed by atoms with Crippen LogP contribution in [0.4, 0.5) is 10.2 Å². The Kier molecular flexibility index (Phi) is 4.15. The molecule has 2 aromatic rings. The van der Waals surface area contributed by atoms with Gasteiger partial charge in [-0.1, -0.05) is 23.7 Å². The maximum absolute atomic E-state index is 13.5. The van der Waals surface area contributed by atoms with Gasteiger partial charge >= 0.3 is 0 Å². The van der Waals surface area contributed by atoms with Crippen LogP contribution >= 0.6 is 24.0 Å². The molecule has 16 heavy (non-hydrogen) atoms. The fourth-order valence-corrected chi connectivity index (χ4v) is 1.53. The lowest BCUT2D eigenvalue weighted by Crippen LogP contribution is -1.99. The fraction of sp³-hybridized carbons (Fsp3) is 0.100. The number of nitrogen functional groups attached to an aromatic ring is 1. The second-order valence-corrected chi connectivity index (χ2v) is 3.59. The predicted molar refractivity (Wildman–Crippen MR) is 64.4 cm³/mol. The molecule has 0 aliphatic carbocycles. The summed E-state index contributed by atoms with van der Waals surface area (Å²) in [5.41, 5.74) is 5.96. The fourth-order valence-electron chi connectivity index (χ4n) is 1.33. The summed E-state index contributed by atoms with van der Waals surface area (Å²) in [6, 6.07) is 4.90. The van der Waals surface area contributed by atoms with E-state index < -0.39 is 5.82 Å². The summed E-state index contributed by atoms with van der Waals surface area (Å²) in [7, 11) is 0. The highest BCUT2D eigenvalue weighted by Gasteiger charge is 2.06. The van der Waals surface area contributed by atoms with Crippen molar-refractivity contribution >= 4 is 29.8 Å². The number of rotatable bonds is 2. The SMILES string of the molecule is Cl.Nc1cn(Cc2cccc(Cl)c2F)cn1. The Balaban J connectivity index is 0.00000128. The van der Waals surface area contributed by atoms with Crippen molar-refractivity contribution in [3.8, 4) is 0 Å². The third kappa shape index (κ3) is 2.65. The van der Waals surface area contributed by atoms with Gasteiger partial charge in [-0.15, -0.1) is 12.4 Å². The summed E-state index contributed by atoms with van der Waals surface area (Å²) < 4.78 is 15.2. The van der Waals surface area contributed by atoms with Crippen LogP contribution in [0.2, 0.25) is 5.02 Å². The molecule has 1 aromatic heterocycles. The number of hydrogen-bond acceptors (Lipinski definition) is 2. The molecule has 0 radical (unpaired) electrons. The van der Waals surface area contributed by atoms with Crippen LogP contribution in [0.1, 0.15) is 5.56 Å². The van der Waals surface area contributed by atoms with Gasteiger partial charge in [0.2, 0.25) is 0 Å². The van der Waals surface area contributed by atoms with E-state index in [0.717, 1.165) is 0 Å². The molecule has 0 saturated heterocycles. The zero-order valence-corrected chi connectivity index (χ0v) is 9.80. The maximum atomic E-state index is 13.5. The third-order valence-electron chi connectivity index (χ3n) is 2.04. The van der Waals surface area contributed by atoms with Gasteiger partial charge in [-0.25, -0.2) is 9.37 Å². The number of nitrogens with zero attached hydrogens (tertiary/aromatic N) is 2. The Morgan fingerprint density at radius 3 is 2.81 bits per heavy atom. The number of benzene rings is 1. The molecule has 0 amide bonds. The summed E-state index contributed by atoms with van der Waals surface area (Å²) in [5.74, 6) is 0.0175. The van der Waals surface area contributed by atoms with Gasteiger partial charge in [-0.05, 0) is 6.07 Å². The Labute approximate surface area is 103 Å². The summed E-state index contributed by atoms with van der Waals surface area (Å²) in [6.07, 6.45) is 3.19. The molecule has 0 fully saturated rings. The minimum absolute atomic E-state index is 0. The highest BCUT2D eigenvalue weighted by molar-refractivity contribution is 6.30. The minimum Gasteiger partial charge on any atom is -0.382 e. The molecule has 2 rings (SSSR count). The minimum atomic E-state index is -0.397. The Bertz CT molecular complexity index is 485. The van der Waals surface area contributed by atoms with E-state index in [0.29, 0.717) is 17.9 Å². The summed E-state index contributed by atoms with van der Waals surface area (Å²) in [6.45, 7) is 0.372. The molecule has 0 bridgehead atoms. The number of aromatic nitrogens is 2. The van der Waals surface area contributed by atoms with Crippen molar-refractivity contribution in [1.29, 1.82) is 0 Å². The molecule has 0 aliphatic heterocycles. The van der Waals surface area contributed by atoms with Crippen molar-refractivity contribution in [1.82, 2.24) is 9.55 Å². The van der Waals surface area contributed by atoms with Gasteiger partial charge in [-0.3, -0.25) is 0 Å². The monoisotopic (exact) mass is 261 g/mol. The van der Waals surface area contributed by atoms with E-state index in [9.17, 15) is 4.39 Å². The van der Waals surface area contributed by atoms with Gasteiger partial charge in [0.1, 0.15) is 11.6 Å². The van der Waals surface area contributed by atoms with Crippen molar-refractivity contribution in [3.63, 3.8) is 0 Å². The van der Waals surface area contributed by atoms with Crippen LogP contribution < -0.4 is 5.73 Å². The van der Waals surface area contributed by atoms with E-state index in [1.165, 1.54) is 6.07 Å². The zero-order chi connectivity index (χ0) is 10.8. The van der Waals surface area contributed by atoms with E-state index in [4.69, 9.17) is 17.3 Å². The molecule has 1 heterocycles. The average molecular weight is 262 g/mol. The molecule has 1 aromatic carbocycles. The molecule has 2 N–H and O–H groups in total. The Morgan fingerprint density at radius 1 is 1.44 bits per heavy atom. The van der Waals surface area contributed by atoms with Gasteiger partial charge in [-0.2, -0.15) is 0 Å². The van der Waals surface area contributed by atoms with E-state index in [1.54, 1.807) is 29.2 Å². The van der Waals surface area contributed by atoms with E-state index in [1.807, 2.05) is 0 Å². The standard InChI is InChI=1S/C10H9ClFN3.ClH/c11-8-3-1-2-7(10(8)12)4-15-5-9(13)14-6-15;/h1-3,5-6H,4,13H2;1H. The first-order chi connectivity index (χ1) is 7.16. The molecule has 6 heteroatoms. The highest BCUT2D eigenvalue weighted by atomic mass is 35.5. The number of anilines is 1. The predicted octanol–water partition coefficient (Wildman–Crippen LogP) is 2.73. The highest BCUT2D eigenvalue weighted by Crippen LogP contribution is 2.18. The van der Waals surface area contributed by atoms with Gasteiger partial charge < -0.3 is 10.3 Å². The molecular formula is C10H10Cl2FN3. The van der Waals surface area contributed by atoms with Crippen molar-refractivity contribution in [2.45, 2.75) is 6.54 Å². The third-order valence-corrected chi connectivity index (χ3v) is 2.33. The largest absolute Gasteiger partial charge is 0.382 e. The molecule has 86 valence electrons. The lowest BCUT2D eigenvalue weighted by Gasteiger charge is -2.04. The summed E-state index contributed by atoms with van der Waals surface area (Å²) >= 11 is 5.66. The second-order valence-electron chi connectivity index (χ2n) is 3.18. The van der Waals surface area contributed by atoms with Crippen molar-refractivity contribution in [2.75, 3.05) is 5.73 Å². The van der Waals surface area contributed by atoms with Crippen molar-refractivity contribution in [3.05, 3.63) is 47.1 Å². The summed E-state index contributed by atoms with van der Waals surface area (Å²) in [4.78, 5) is 3.85. The van der Waals surface area contributed by atoms with E-state index >= 15 is 0 Å². The van der Waals surface area contributed by atoms with E-state index in [2.05, 4.69) is 4.98 Å². The average Bonchev–Trinajstić information content (AvgIpc) is 2.59. The molecule has 0 unspecified atom stereocenters. The Hall–Kier alpha value is -1.26. The molecule has 0 saturated carbocycles. The number of hydrogen-bond donors (Lipinski definition) is 1. The van der Waals surface area contributed by atoms with Crippen LogP contribution in [0.3, 0.4) is 0 Å². The molecule has 3 nitrogen and oxygen atoms in total.